The second-order valence-electron chi connectivity index (χ2n) is 4.82. The van der Waals surface area contributed by atoms with E-state index in [9.17, 15) is 0 Å². The largest absolute Gasteiger partial charge is 0.431 e. The second kappa shape index (κ2) is 5.37. The summed E-state index contributed by atoms with van der Waals surface area (Å²) in [5, 5.41) is 11.3. The minimum Gasteiger partial charge on any atom is -0.431 e. The summed E-state index contributed by atoms with van der Waals surface area (Å²) in [5.74, 6) is 0.739. The molecule has 2 aromatic carbocycles. The number of ether oxygens (including phenoxy) is 1. The molecule has 0 amide bonds. The molecule has 5 nitrogen and oxygen atoms in total. The lowest BCUT2D eigenvalue weighted by atomic mass is 10.1. The van der Waals surface area contributed by atoms with Crippen LogP contribution in [0.3, 0.4) is 0 Å². The number of anilines is 2. The average molecular weight is 289 g/mol. The summed E-state index contributed by atoms with van der Waals surface area (Å²) in [7, 11) is 0. The molecule has 1 N–H and O–H groups in total. The molecule has 107 valence electrons. The van der Waals surface area contributed by atoms with Crippen LogP contribution in [0.25, 0.3) is 10.8 Å². The van der Waals surface area contributed by atoms with Gasteiger partial charge in [-0.15, -0.1) is 5.10 Å². The first-order chi connectivity index (χ1) is 10.9. The van der Waals surface area contributed by atoms with E-state index < -0.39 is 0 Å². The molecule has 0 aliphatic carbocycles. The maximum atomic E-state index is 5.47. The summed E-state index contributed by atoms with van der Waals surface area (Å²) < 4.78 is 5.47. The van der Waals surface area contributed by atoms with Gasteiger partial charge in [0.25, 0.3) is 6.73 Å². The zero-order valence-corrected chi connectivity index (χ0v) is 11.7. The molecule has 1 radical (unpaired) electrons. The summed E-state index contributed by atoms with van der Waals surface area (Å²) in [5.41, 5.74) is 0.919. The molecule has 5 heteroatoms. The zero-order chi connectivity index (χ0) is 14.8. The lowest BCUT2D eigenvalue weighted by Crippen LogP contribution is -2.10. The van der Waals surface area contributed by atoms with Crippen LogP contribution in [0, 0.1) is 6.73 Å². The number of hydrazone groups is 1. The summed E-state index contributed by atoms with van der Waals surface area (Å²) in [6, 6.07) is 20.2. The number of hydrogen-bond donors (Lipinski definition) is 1. The standard InChI is InChI=1S/C17H13N4O/c1-2-7-14(8-3-1)19-17-20-21(12-22-17)16-15-9-5-4-6-13(15)10-11-18-16/h1-12H,(H,19,20). The number of para-hydroxylation sites is 1. The minimum absolute atomic E-state index is 0.418. The summed E-state index contributed by atoms with van der Waals surface area (Å²) in [4.78, 5) is 4.41. The van der Waals surface area contributed by atoms with E-state index in [1.807, 2.05) is 60.7 Å². The number of rotatable bonds is 2. The van der Waals surface area contributed by atoms with Gasteiger partial charge >= 0.3 is 6.02 Å². The highest BCUT2D eigenvalue weighted by Crippen LogP contribution is 2.27. The normalized spacial score (nSPS) is 13.8. The van der Waals surface area contributed by atoms with Gasteiger partial charge in [0.1, 0.15) is 0 Å². The summed E-state index contributed by atoms with van der Waals surface area (Å²) in [6.45, 7) is 1.54. The van der Waals surface area contributed by atoms with Gasteiger partial charge in [-0.05, 0) is 23.6 Å². The predicted octanol–water partition coefficient (Wildman–Crippen LogP) is 3.57. The zero-order valence-electron chi connectivity index (χ0n) is 11.7. The van der Waals surface area contributed by atoms with Crippen LogP contribution in [0.4, 0.5) is 11.5 Å². The maximum absolute atomic E-state index is 5.47. The van der Waals surface area contributed by atoms with Gasteiger partial charge in [0.05, 0.1) is 0 Å². The Morgan fingerprint density at radius 2 is 1.73 bits per heavy atom. The van der Waals surface area contributed by atoms with E-state index in [1.54, 1.807) is 17.9 Å². The molecule has 4 rings (SSSR count). The third-order valence-corrected chi connectivity index (χ3v) is 3.36. The molecule has 3 aromatic rings. The van der Waals surface area contributed by atoms with Crippen molar-refractivity contribution < 1.29 is 4.74 Å². The van der Waals surface area contributed by atoms with E-state index in [1.165, 1.54) is 0 Å². The van der Waals surface area contributed by atoms with E-state index >= 15 is 0 Å². The van der Waals surface area contributed by atoms with E-state index in [2.05, 4.69) is 15.4 Å². The Morgan fingerprint density at radius 1 is 0.909 bits per heavy atom. The summed E-state index contributed by atoms with van der Waals surface area (Å²) in [6.07, 6.45) is 1.77. The first kappa shape index (κ1) is 12.6. The molecule has 2 heterocycles. The number of hydrogen-bond acceptors (Lipinski definition) is 5. The van der Waals surface area contributed by atoms with Crippen LogP contribution in [0.2, 0.25) is 0 Å². The van der Waals surface area contributed by atoms with Gasteiger partial charge in [0.15, 0.2) is 5.82 Å². The van der Waals surface area contributed by atoms with Gasteiger partial charge < -0.3 is 10.1 Å². The van der Waals surface area contributed by atoms with Crippen molar-refractivity contribution >= 4 is 28.3 Å². The van der Waals surface area contributed by atoms with Crippen molar-refractivity contribution in [3.8, 4) is 0 Å². The smallest absolute Gasteiger partial charge is 0.313 e. The third kappa shape index (κ3) is 2.33. The molecular formula is C17H13N4O. The highest BCUT2D eigenvalue weighted by Gasteiger charge is 2.21. The molecule has 0 fully saturated rings. The highest BCUT2D eigenvalue weighted by atomic mass is 16.5. The number of nitrogens with one attached hydrogen (secondary N) is 1. The monoisotopic (exact) mass is 289 g/mol. The molecule has 22 heavy (non-hydrogen) atoms. The van der Waals surface area contributed by atoms with Crippen molar-refractivity contribution in [2.45, 2.75) is 0 Å². The highest BCUT2D eigenvalue weighted by molar-refractivity contribution is 5.95. The molecule has 0 bridgehead atoms. The van der Waals surface area contributed by atoms with Crippen molar-refractivity contribution in [2.75, 3.05) is 10.3 Å². The van der Waals surface area contributed by atoms with Gasteiger partial charge in [-0.1, -0.05) is 42.5 Å². The van der Waals surface area contributed by atoms with Crippen LogP contribution in [0.5, 0.6) is 0 Å². The van der Waals surface area contributed by atoms with Crippen molar-refractivity contribution in [1.82, 2.24) is 4.98 Å². The number of nitrogens with zero attached hydrogens (tertiary/aromatic N) is 3. The Bertz CT molecular complexity index is 827. The van der Waals surface area contributed by atoms with E-state index in [0.717, 1.165) is 22.3 Å². The second-order valence-corrected chi connectivity index (χ2v) is 4.82. The maximum Gasteiger partial charge on any atom is 0.313 e. The lowest BCUT2D eigenvalue weighted by molar-refractivity contribution is 0.417. The number of pyridine rings is 1. The van der Waals surface area contributed by atoms with Gasteiger partial charge in [-0.2, -0.15) is 5.01 Å². The number of amidine groups is 1. The van der Waals surface area contributed by atoms with Crippen molar-refractivity contribution in [3.63, 3.8) is 0 Å². The van der Waals surface area contributed by atoms with Crippen LogP contribution < -0.4 is 10.3 Å². The quantitative estimate of drug-likeness (QED) is 0.783. The van der Waals surface area contributed by atoms with Gasteiger partial charge in [-0.25, -0.2) is 4.98 Å². The molecule has 1 aliphatic rings. The Balaban J connectivity index is 1.63. The van der Waals surface area contributed by atoms with Crippen molar-refractivity contribution in [3.05, 3.63) is 73.6 Å². The third-order valence-electron chi connectivity index (χ3n) is 3.36. The minimum atomic E-state index is 0.418. The van der Waals surface area contributed by atoms with E-state index in [-0.39, 0.29) is 0 Å². The molecule has 0 spiro atoms. The summed E-state index contributed by atoms with van der Waals surface area (Å²) >= 11 is 0. The van der Waals surface area contributed by atoms with Crippen molar-refractivity contribution in [1.29, 1.82) is 0 Å². The molecular weight excluding hydrogens is 276 g/mol. The first-order valence-corrected chi connectivity index (χ1v) is 6.94. The molecule has 0 atom stereocenters. The fourth-order valence-electron chi connectivity index (χ4n) is 2.33. The van der Waals surface area contributed by atoms with E-state index in [0.29, 0.717) is 6.02 Å². The fraction of sp³-hybridized carbons (Fsp3) is 0. The number of fused-ring (bicyclic) bond motifs is 1. The van der Waals surface area contributed by atoms with Crippen LogP contribution >= 0.6 is 0 Å². The van der Waals surface area contributed by atoms with Gasteiger partial charge in [0.2, 0.25) is 0 Å². The van der Waals surface area contributed by atoms with E-state index in [4.69, 9.17) is 4.74 Å². The predicted molar refractivity (Wildman–Crippen MR) is 87.1 cm³/mol. The molecule has 1 aromatic heterocycles. The molecule has 0 unspecified atom stereocenters. The average Bonchev–Trinajstić information content (AvgIpc) is 3.03. The van der Waals surface area contributed by atoms with Crippen molar-refractivity contribution in [2.24, 2.45) is 5.10 Å². The Hall–Kier alpha value is -3.08. The first-order valence-electron chi connectivity index (χ1n) is 6.94. The Morgan fingerprint density at radius 3 is 2.64 bits per heavy atom. The topological polar surface area (TPSA) is 49.8 Å². The SMILES string of the molecule is [CH]1OC(Nc2ccccc2)=NN1c1nccc2ccccc12. The van der Waals surface area contributed by atoms with Crippen LogP contribution in [-0.2, 0) is 4.74 Å². The van der Waals surface area contributed by atoms with Crippen LogP contribution in [0.15, 0.2) is 72.0 Å². The Labute approximate surface area is 127 Å². The Kier molecular flexibility index (Phi) is 3.08. The number of benzene rings is 2. The molecule has 0 saturated heterocycles. The number of aromatic nitrogens is 1. The fourth-order valence-corrected chi connectivity index (χ4v) is 2.33. The van der Waals surface area contributed by atoms with Gasteiger partial charge in [-0.3, -0.25) is 0 Å². The molecule has 1 aliphatic heterocycles. The van der Waals surface area contributed by atoms with Crippen LogP contribution in [0.1, 0.15) is 0 Å². The van der Waals surface area contributed by atoms with Gasteiger partial charge in [0, 0.05) is 17.3 Å². The lowest BCUT2D eigenvalue weighted by Gasteiger charge is -2.11. The van der Waals surface area contributed by atoms with Crippen LogP contribution in [-0.4, -0.2) is 11.0 Å². The molecule has 0 saturated carbocycles.